The molecule has 0 aliphatic rings. The van der Waals surface area contributed by atoms with Crippen molar-refractivity contribution in [3.8, 4) is 5.75 Å². The molecule has 0 heterocycles. The van der Waals surface area contributed by atoms with Crippen LogP contribution in [0.15, 0.2) is 83.8 Å². The lowest BCUT2D eigenvalue weighted by atomic mass is 10.1. The summed E-state index contributed by atoms with van der Waals surface area (Å²) in [7, 11) is -4.24. The van der Waals surface area contributed by atoms with Gasteiger partial charge in [0.1, 0.15) is 18.3 Å². The third-order valence-corrected chi connectivity index (χ3v) is 8.29. The van der Waals surface area contributed by atoms with Crippen LogP contribution in [0, 0.1) is 0 Å². The Hall–Kier alpha value is -3.56. The van der Waals surface area contributed by atoms with Crippen LogP contribution in [0.5, 0.6) is 5.75 Å². The van der Waals surface area contributed by atoms with Gasteiger partial charge in [0, 0.05) is 17.1 Å². The molecule has 3 rings (SSSR count). The zero-order valence-corrected chi connectivity index (χ0v) is 25.7. The van der Waals surface area contributed by atoms with Crippen LogP contribution in [-0.4, -0.2) is 56.4 Å². The van der Waals surface area contributed by atoms with E-state index in [1.165, 1.54) is 29.2 Å². The molecule has 0 saturated heterocycles. The van der Waals surface area contributed by atoms with Crippen molar-refractivity contribution in [2.45, 2.75) is 57.5 Å². The fraction of sp³-hybridized carbons (Fsp3) is 0.355. The molecule has 1 atom stereocenters. The lowest BCUT2D eigenvalue weighted by Gasteiger charge is -2.33. The van der Waals surface area contributed by atoms with Crippen LogP contribution in [0.3, 0.4) is 0 Å². The number of nitrogens with zero attached hydrogens (tertiary/aromatic N) is 2. The average molecular weight is 600 g/mol. The van der Waals surface area contributed by atoms with Gasteiger partial charge in [-0.25, -0.2) is 8.42 Å². The third kappa shape index (κ3) is 8.71. The minimum atomic E-state index is -4.24. The van der Waals surface area contributed by atoms with Crippen molar-refractivity contribution in [3.63, 3.8) is 0 Å². The molecule has 3 aromatic carbocycles. The Morgan fingerprint density at radius 1 is 0.951 bits per heavy atom. The Morgan fingerprint density at radius 3 is 2.17 bits per heavy atom. The van der Waals surface area contributed by atoms with Gasteiger partial charge < -0.3 is 15.0 Å². The second-order valence-corrected chi connectivity index (χ2v) is 12.9. The van der Waals surface area contributed by atoms with Crippen molar-refractivity contribution >= 4 is 39.1 Å². The summed E-state index contributed by atoms with van der Waals surface area (Å²) in [5, 5.41) is 3.31. The van der Waals surface area contributed by atoms with Crippen molar-refractivity contribution in [1.82, 2.24) is 10.2 Å². The molecule has 0 spiro atoms. The number of amides is 2. The summed E-state index contributed by atoms with van der Waals surface area (Å²) in [6, 6.07) is 21.1. The number of rotatable bonds is 12. The predicted molar refractivity (Wildman–Crippen MR) is 163 cm³/mol. The van der Waals surface area contributed by atoms with Crippen LogP contribution < -0.4 is 14.4 Å². The van der Waals surface area contributed by atoms with Gasteiger partial charge >= 0.3 is 0 Å². The predicted octanol–water partition coefficient (Wildman–Crippen LogP) is 5.31. The topological polar surface area (TPSA) is 96.0 Å². The van der Waals surface area contributed by atoms with Gasteiger partial charge in [0.05, 0.1) is 17.2 Å². The minimum Gasteiger partial charge on any atom is -0.492 e. The zero-order valence-electron chi connectivity index (χ0n) is 24.1. The average Bonchev–Trinajstić information content (AvgIpc) is 2.92. The number of carbonyl (C=O) groups is 2. The number of carbonyl (C=O) groups excluding carboxylic acids is 2. The summed E-state index contributed by atoms with van der Waals surface area (Å²) < 4.78 is 34.8. The van der Waals surface area contributed by atoms with Crippen molar-refractivity contribution < 1.29 is 22.7 Å². The molecular formula is C31H38ClN3O5S. The Bertz CT molecular complexity index is 1420. The molecule has 220 valence electrons. The van der Waals surface area contributed by atoms with E-state index < -0.39 is 34.1 Å². The summed E-state index contributed by atoms with van der Waals surface area (Å²) in [5.41, 5.74) is 0.688. The Labute approximate surface area is 248 Å². The van der Waals surface area contributed by atoms with Crippen LogP contribution in [0.4, 0.5) is 5.69 Å². The van der Waals surface area contributed by atoms with Gasteiger partial charge in [0.15, 0.2) is 0 Å². The maximum Gasteiger partial charge on any atom is 0.264 e. The maximum absolute atomic E-state index is 14.0. The molecule has 0 saturated carbocycles. The van der Waals surface area contributed by atoms with E-state index in [4.69, 9.17) is 16.3 Å². The highest BCUT2D eigenvalue weighted by Crippen LogP contribution is 2.33. The van der Waals surface area contributed by atoms with Crippen molar-refractivity contribution in [2.75, 3.05) is 24.0 Å². The van der Waals surface area contributed by atoms with Gasteiger partial charge in [0.2, 0.25) is 11.8 Å². The molecule has 0 aliphatic heterocycles. The van der Waals surface area contributed by atoms with E-state index >= 15 is 0 Å². The van der Waals surface area contributed by atoms with Crippen molar-refractivity contribution in [3.05, 3.63) is 89.4 Å². The first-order valence-corrected chi connectivity index (χ1v) is 15.3. The number of hydrogen-bond donors (Lipinski definition) is 1. The molecule has 10 heteroatoms. The number of halogens is 1. The van der Waals surface area contributed by atoms with Gasteiger partial charge in [0.25, 0.3) is 10.0 Å². The fourth-order valence-corrected chi connectivity index (χ4v) is 5.78. The molecule has 2 amide bonds. The lowest BCUT2D eigenvalue weighted by molar-refractivity contribution is -0.139. The number of sulfonamides is 1. The van der Waals surface area contributed by atoms with Crippen molar-refractivity contribution in [2.24, 2.45) is 0 Å². The molecule has 41 heavy (non-hydrogen) atoms. The monoisotopic (exact) mass is 599 g/mol. The molecule has 3 aromatic rings. The largest absolute Gasteiger partial charge is 0.492 e. The Balaban J connectivity index is 2.04. The first-order chi connectivity index (χ1) is 19.3. The van der Waals surface area contributed by atoms with Gasteiger partial charge in [-0.05, 0) is 83.0 Å². The molecule has 0 aliphatic carbocycles. The summed E-state index contributed by atoms with van der Waals surface area (Å²) in [4.78, 5) is 28.6. The SMILES string of the molecule is CCOc1ccccc1N(CC(=O)N(CCc1ccccc1)[C@H](C)C(=O)NC(C)(C)C)S(=O)(=O)c1ccc(Cl)cc1. The standard InChI is InChI=1S/C31H38ClN3O5S/c1-6-40-28-15-11-10-14-27(28)35(41(38,39)26-18-16-25(32)17-19-26)22-29(36)34(21-20-24-12-8-7-9-13-24)23(2)30(37)33-31(3,4)5/h7-19,23H,6,20-22H2,1-5H3,(H,33,37)/t23-/m1/s1. The number of ether oxygens (including phenoxy) is 1. The molecule has 0 aromatic heterocycles. The quantitative estimate of drug-likeness (QED) is 0.304. The molecule has 0 bridgehead atoms. The van der Waals surface area contributed by atoms with Crippen LogP contribution in [0.1, 0.15) is 40.2 Å². The van der Waals surface area contributed by atoms with Gasteiger partial charge in [-0.15, -0.1) is 0 Å². The first-order valence-electron chi connectivity index (χ1n) is 13.5. The smallest absolute Gasteiger partial charge is 0.264 e. The fourth-order valence-electron chi connectivity index (χ4n) is 4.23. The summed E-state index contributed by atoms with van der Waals surface area (Å²) >= 11 is 6.02. The number of benzene rings is 3. The molecule has 0 fully saturated rings. The zero-order chi connectivity index (χ0) is 30.2. The summed E-state index contributed by atoms with van der Waals surface area (Å²) in [5.74, 6) is -0.545. The highest BCUT2D eigenvalue weighted by atomic mass is 35.5. The highest BCUT2D eigenvalue weighted by molar-refractivity contribution is 7.92. The Morgan fingerprint density at radius 2 is 1.56 bits per heavy atom. The van der Waals surface area contributed by atoms with Crippen LogP contribution >= 0.6 is 11.6 Å². The molecule has 8 nitrogen and oxygen atoms in total. The summed E-state index contributed by atoms with van der Waals surface area (Å²) in [6.45, 7) is 8.99. The van der Waals surface area contributed by atoms with E-state index in [2.05, 4.69) is 5.32 Å². The maximum atomic E-state index is 14.0. The van der Waals surface area contributed by atoms with Crippen LogP contribution in [0.25, 0.3) is 0 Å². The van der Waals surface area contributed by atoms with Crippen LogP contribution in [-0.2, 0) is 26.0 Å². The number of hydrogen-bond acceptors (Lipinski definition) is 5. The molecule has 1 N–H and O–H groups in total. The van der Waals surface area contributed by atoms with Gasteiger partial charge in [-0.1, -0.05) is 54.1 Å². The molecule has 0 unspecified atom stereocenters. The van der Waals surface area contributed by atoms with Gasteiger partial charge in [-0.3, -0.25) is 13.9 Å². The van der Waals surface area contributed by atoms with E-state index in [9.17, 15) is 18.0 Å². The Kier molecular flexibility index (Phi) is 10.8. The first kappa shape index (κ1) is 32.0. The van der Waals surface area contributed by atoms with E-state index in [0.717, 1.165) is 9.87 Å². The lowest BCUT2D eigenvalue weighted by Crippen LogP contribution is -2.55. The van der Waals surface area contributed by atoms with E-state index in [1.807, 2.05) is 51.1 Å². The second-order valence-electron chi connectivity index (χ2n) is 10.6. The second kappa shape index (κ2) is 13.9. The number of nitrogens with one attached hydrogen (secondary N) is 1. The van der Waals surface area contributed by atoms with E-state index in [-0.39, 0.29) is 23.0 Å². The molecular weight excluding hydrogens is 562 g/mol. The normalized spacial score (nSPS) is 12.3. The van der Waals surface area contributed by atoms with Gasteiger partial charge in [-0.2, -0.15) is 0 Å². The number of anilines is 1. The molecule has 0 radical (unpaired) electrons. The minimum absolute atomic E-state index is 0.0321. The highest BCUT2D eigenvalue weighted by Gasteiger charge is 2.34. The third-order valence-electron chi connectivity index (χ3n) is 6.26. The summed E-state index contributed by atoms with van der Waals surface area (Å²) in [6.07, 6.45) is 0.485. The van der Waals surface area contributed by atoms with Crippen molar-refractivity contribution in [1.29, 1.82) is 0 Å². The number of para-hydroxylation sites is 2. The van der Waals surface area contributed by atoms with E-state index in [1.54, 1.807) is 38.1 Å². The van der Waals surface area contributed by atoms with Crippen LogP contribution in [0.2, 0.25) is 5.02 Å². The van der Waals surface area contributed by atoms with E-state index in [0.29, 0.717) is 23.8 Å².